The van der Waals surface area contributed by atoms with Crippen LogP contribution in [0.15, 0.2) is 45.1 Å². The number of allylic oxidation sites excluding steroid dienone is 3. The summed E-state index contributed by atoms with van der Waals surface area (Å²) in [5.74, 6) is -1.44. The lowest BCUT2D eigenvalue weighted by Crippen LogP contribution is -2.11. The summed E-state index contributed by atoms with van der Waals surface area (Å²) in [4.78, 5) is 12.4. The van der Waals surface area contributed by atoms with Crippen molar-refractivity contribution in [3.63, 3.8) is 0 Å². The van der Waals surface area contributed by atoms with Crippen molar-refractivity contribution in [3.05, 3.63) is 51.9 Å². The van der Waals surface area contributed by atoms with Gasteiger partial charge in [-0.1, -0.05) is 6.08 Å². The van der Waals surface area contributed by atoms with Crippen LogP contribution in [-0.2, 0) is 0 Å². The first-order valence-electron chi connectivity index (χ1n) is 6.70. The number of rotatable bonds is 2. The van der Waals surface area contributed by atoms with Crippen LogP contribution in [0.5, 0.6) is 17.2 Å². The molecular weight excluding hydrogens is 291 g/mol. The van der Waals surface area contributed by atoms with Gasteiger partial charge in [-0.25, -0.2) is 4.39 Å². The maximum Gasteiger partial charge on any atom is 0.235 e. The van der Waals surface area contributed by atoms with Gasteiger partial charge in [0, 0.05) is 6.42 Å². The number of phenolic OH excluding ortho intramolecular Hbond substituents is 2. The molecule has 1 aromatic carbocycles. The number of ether oxygens (including phenoxy) is 1. The minimum atomic E-state index is -0.548. The molecule has 0 saturated carbocycles. The van der Waals surface area contributed by atoms with Crippen molar-refractivity contribution in [2.24, 2.45) is 0 Å². The Morgan fingerprint density at radius 3 is 2.82 bits per heavy atom. The molecular formula is C16H13FO5. The third-order valence-electron chi connectivity index (χ3n) is 3.42. The first kappa shape index (κ1) is 14.2. The monoisotopic (exact) mass is 304 g/mol. The summed E-state index contributed by atoms with van der Waals surface area (Å²) in [6, 6.07) is 2.48. The smallest absolute Gasteiger partial charge is 0.235 e. The second-order valence-corrected chi connectivity index (χ2v) is 4.94. The second-order valence-electron chi connectivity index (χ2n) is 4.94. The molecule has 1 aliphatic carbocycles. The van der Waals surface area contributed by atoms with Gasteiger partial charge in [0.05, 0.1) is 5.39 Å². The number of hydrogen-bond acceptors (Lipinski definition) is 5. The van der Waals surface area contributed by atoms with Crippen molar-refractivity contribution in [3.8, 4) is 17.2 Å². The molecule has 1 aromatic heterocycles. The van der Waals surface area contributed by atoms with Crippen molar-refractivity contribution in [1.29, 1.82) is 0 Å². The number of phenols is 2. The van der Waals surface area contributed by atoms with Crippen LogP contribution in [0.1, 0.15) is 18.6 Å². The number of aromatic hydroxyl groups is 2. The second kappa shape index (κ2) is 5.22. The van der Waals surface area contributed by atoms with Crippen LogP contribution in [0, 0.1) is 6.92 Å². The highest BCUT2D eigenvalue weighted by atomic mass is 19.1. The highest BCUT2D eigenvalue weighted by Gasteiger charge is 2.19. The van der Waals surface area contributed by atoms with Crippen LogP contribution in [0.2, 0.25) is 0 Å². The molecule has 2 aromatic rings. The van der Waals surface area contributed by atoms with Gasteiger partial charge in [0.2, 0.25) is 16.9 Å². The Balaban J connectivity index is 2.18. The van der Waals surface area contributed by atoms with Crippen LogP contribution in [0.3, 0.4) is 0 Å². The fraction of sp³-hybridized carbons (Fsp3) is 0.188. The Morgan fingerprint density at radius 1 is 1.32 bits per heavy atom. The van der Waals surface area contributed by atoms with E-state index in [-0.39, 0.29) is 34.7 Å². The van der Waals surface area contributed by atoms with E-state index in [1.807, 2.05) is 0 Å². The Labute approximate surface area is 124 Å². The lowest BCUT2D eigenvalue weighted by Gasteiger charge is -2.13. The van der Waals surface area contributed by atoms with E-state index < -0.39 is 22.8 Å². The molecule has 0 fully saturated rings. The van der Waals surface area contributed by atoms with E-state index in [1.165, 1.54) is 25.1 Å². The number of hydrogen-bond donors (Lipinski definition) is 2. The molecule has 0 bridgehead atoms. The SMILES string of the molecule is Cc1oc2c(O)c(O)ccc2c(=O)c1OC1=C(F)CCC=C1. The molecule has 3 rings (SSSR count). The quantitative estimate of drug-likeness (QED) is 0.831. The highest BCUT2D eigenvalue weighted by Crippen LogP contribution is 2.35. The molecule has 1 heterocycles. The van der Waals surface area contributed by atoms with Crippen LogP contribution >= 0.6 is 0 Å². The van der Waals surface area contributed by atoms with Gasteiger partial charge in [-0.15, -0.1) is 0 Å². The molecule has 0 spiro atoms. The van der Waals surface area contributed by atoms with Crippen LogP contribution < -0.4 is 10.2 Å². The molecule has 1 aliphatic rings. The summed E-state index contributed by atoms with van der Waals surface area (Å²) >= 11 is 0. The van der Waals surface area contributed by atoms with E-state index in [1.54, 1.807) is 6.08 Å². The number of fused-ring (bicyclic) bond motifs is 1. The third-order valence-corrected chi connectivity index (χ3v) is 3.42. The molecule has 0 amide bonds. The van der Waals surface area contributed by atoms with E-state index in [0.717, 1.165) is 0 Å². The molecule has 0 radical (unpaired) electrons. The summed E-state index contributed by atoms with van der Waals surface area (Å²) in [5, 5.41) is 19.3. The normalized spacial score (nSPS) is 14.6. The van der Waals surface area contributed by atoms with E-state index in [9.17, 15) is 19.4 Å². The Kier molecular flexibility index (Phi) is 3.36. The number of benzene rings is 1. The predicted molar refractivity (Wildman–Crippen MR) is 77.7 cm³/mol. The molecule has 0 saturated heterocycles. The molecule has 6 heteroatoms. The van der Waals surface area contributed by atoms with Gasteiger partial charge >= 0.3 is 0 Å². The molecule has 5 nitrogen and oxygen atoms in total. The fourth-order valence-corrected chi connectivity index (χ4v) is 2.26. The lowest BCUT2D eigenvalue weighted by molar-refractivity contribution is 0.371. The van der Waals surface area contributed by atoms with Gasteiger partial charge < -0.3 is 19.4 Å². The summed E-state index contributed by atoms with van der Waals surface area (Å²) in [6.45, 7) is 1.46. The highest BCUT2D eigenvalue weighted by molar-refractivity contribution is 5.85. The van der Waals surface area contributed by atoms with Gasteiger partial charge in [-0.05, 0) is 31.6 Å². The van der Waals surface area contributed by atoms with E-state index in [2.05, 4.69) is 0 Å². The fourth-order valence-electron chi connectivity index (χ4n) is 2.26. The van der Waals surface area contributed by atoms with Crippen LogP contribution in [-0.4, -0.2) is 10.2 Å². The minimum absolute atomic E-state index is 0.0241. The standard InChI is InChI=1S/C16H13FO5/c1-8-15(22-12-5-3-2-4-10(12)17)13(19)9-6-7-11(18)14(20)16(9)21-8/h3,5-7,18,20H,2,4H2,1H3. The molecule has 114 valence electrons. The molecule has 0 atom stereocenters. The van der Waals surface area contributed by atoms with Gasteiger partial charge in [0.15, 0.2) is 17.1 Å². The number of halogens is 1. The average molecular weight is 304 g/mol. The lowest BCUT2D eigenvalue weighted by atomic mass is 10.1. The summed E-state index contributed by atoms with van der Waals surface area (Å²) in [5.41, 5.74) is -0.684. The van der Waals surface area contributed by atoms with Crippen LogP contribution in [0.4, 0.5) is 4.39 Å². The van der Waals surface area contributed by atoms with E-state index in [4.69, 9.17) is 9.15 Å². The maximum absolute atomic E-state index is 13.7. The Hall–Kier alpha value is -2.76. The third kappa shape index (κ3) is 2.22. The molecule has 22 heavy (non-hydrogen) atoms. The molecule has 2 N–H and O–H groups in total. The van der Waals surface area contributed by atoms with Gasteiger partial charge in [0.1, 0.15) is 11.6 Å². The van der Waals surface area contributed by atoms with Gasteiger partial charge in [-0.2, -0.15) is 0 Å². The van der Waals surface area contributed by atoms with Gasteiger partial charge in [-0.3, -0.25) is 4.79 Å². The first-order chi connectivity index (χ1) is 10.5. The van der Waals surface area contributed by atoms with Crippen LogP contribution in [0.25, 0.3) is 11.0 Å². The predicted octanol–water partition coefficient (Wildman–Crippen LogP) is 3.42. The zero-order valence-electron chi connectivity index (χ0n) is 11.7. The largest absolute Gasteiger partial charge is 0.504 e. The molecule has 0 unspecified atom stereocenters. The van der Waals surface area contributed by atoms with Gasteiger partial charge in [0.25, 0.3) is 0 Å². The summed E-state index contributed by atoms with van der Waals surface area (Å²) in [7, 11) is 0. The summed E-state index contributed by atoms with van der Waals surface area (Å²) < 4.78 is 24.5. The topological polar surface area (TPSA) is 79.9 Å². The van der Waals surface area contributed by atoms with Crippen molar-refractivity contribution in [1.82, 2.24) is 0 Å². The van der Waals surface area contributed by atoms with Crippen molar-refractivity contribution >= 4 is 11.0 Å². The average Bonchev–Trinajstić information content (AvgIpc) is 2.49. The first-order valence-corrected chi connectivity index (χ1v) is 6.70. The zero-order chi connectivity index (χ0) is 15.9. The molecule has 0 aliphatic heterocycles. The summed E-state index contributed by atoms with van der Waals surface area (Å²) in [6.07, 6.45) is 4.02. The zero-order valence-corrected chi connectivity index (χ0v) is 11.7. The Morgan fingerprint density at radius 2 is 2.09 bits per heavy atom. The minimum Gasteiger partial charge on any atom is -0.504 e. The van der Waals surface area contributed by atoms with Crippen molar-refractivity contribution in [2.75, 3.05) is 0 Å². The maximum atomic E-state index is 13.7. The Bertz CT molecular complexity index is 876. The van der Waals surface area contributed by atoms with Crippen molar-refractivity contribution in [2.45, 2.75) is 19.8 Å². The van der Waals surface area contributed by atoms with Crippen molar-refractivity contribution < 1.29 is 23.8 Å². The number of aryl methyl sites for hydroxylation is 1. The van der Waals surface area contributed by atoms with E-state index in [0.29, 0.717) is 6.42 Å². The van der Waals surface area contributed by atoms with E-state index >= 15 is 0 Å².